The fourth-order valence-corrected chi connectivity index (χ4v) is 10.1. The second kappa shape index (κ2) is 10.5. The van der Waals surface area contributed by atoms with Crippen LogP contribution in [-0.2, 0) is 0 Å². The fourth-order valence-electron chi connectivity index (χ4n) is 9.05. The molecule has 0 aliphatic heterocycles. The van der Waals surface area contributed by atoms with E-state index >= 15 is 0 Å². The zero-order valence-electron chi connectivity index (χ0n) is 28.0. The van der Waals surface area contributed by atoms with Crippen molar-refractivity contribution >= 4 is 107 Å². The Morgan fingerprint density at radius 3 is 1.46 bits per heavy atom. The maximum Gasteiger partial charge on any atom is 0.136 e. The molecule has 2 aromatic heterocycles. The highest BCUT2D eigenvalue weighted by Gasteiger charge is 2.20. The van der Waals surface area contributed by atoms with Gasteiger partial charge in [0.05, 0.1) is 0 Å². The highest BCUT2D eigenvalue weighted by atomic mass is 32.1. The van der Waals surface area contributed by atoms with Crippen molar-refractivity contribution in [2.75, 3.05) is 0 Å². The normalized spacial score (nSPS) is 12.2. The van der Waals surface area contributed by atoms with Crippen LogP contribution in [0, 0.1) is 0 Å². The molecule has 0 atom stereocenters. The minimum Gasteiger partial charge on any atom is -0.456 e. The smallest absolute Gasteiger partial charge is 0.136 e. The van der Waals surface area contributed by atoms with Crippen LogP contribution in [0.25, 0.3) is 118 Å². The van der Waals surface area contributed by atoms with E-state index in [1.807, 2.05) is 11.3 Å². The molecule has 52 heavy (non-hydrogen) atoms. The van der Waals surface area contributed by atoms with Gasteiger partial charge in [-0.2, -0.15) is 0 Å². The highest BCUT2D eigenvalue weighted by molar-refractivity contribution is 7.25. The van der Waals surface area contributed by atoms with Gasteiger partial charge >= 0.3 is 0 Å². The van der Waals surface area contributed by atoms with Crippen molar-refractivity contribution < 1.29 is 4.42 Å². The van der Waals surface area contributed by atoms with Gasteiger partial charge < -0.3 is 4.42 Å². The maximum atomic E-state index is 6.40. The third-order valence-electron chi connectivity index (χ3n) is 11.2. The Labute approximate surface area is 302 Å². The summed E-state index contributed by atoms with van der Waals surface area (Å²) >= 11 is 1.87. The van der Waals surface area contributed by atoms with Crippen molar-refractivity contribution in [1.82, 2.24) is 0 Å². The van der Waals surface area contributed by atoms with Crippen LogP contribution >= 0.6 is 11.3 Å². The largest absolute Gasteiger partial charge is 0.456 e. The summed E-state index contributed by atoms with van der Waals surface area (Å²) in [6.07, 6.45) is 0. The Balaban J connectivity index is 1.19. The van der Waals surface area contributed by atoms with Gasteiger partial charge in [0.25, 0.3) is 0 Å². The fraction of sp³-hybridized carbons (Fsp3) is 0. The van der Waals surface area contributed by atoms with Gasteiger partial charge in [-0.1, -0.05) is 127 Å². The zero-order valence-corrected chi connectivity index (χ0v) is 28.8. The number of benzene rings is 10. The molecule has 0 bridgehead atoms. The average Bonchev–Trinajstić information content (AvgIpc) is 3.78. The molecule has 2 heteroatoms. The van der Waals surface area contributed by atoms with Crippen molar-refractivity contribution in [1.29, 1.82) is 0 Å². The van der Waals surface area contributed by atoms with Crippen LogP contribution in [0.5, 0.6) is 0 Å². The maximum absolute atomic E-state index is 6.40. The summed E-state index contributed by atoms with van der Waals surface area (Å²) in [6, 6.07) is 62.6. The Morgan fingerprint density at radius 2 is 0.769 bits per heavy atom. The molecule has 0 amide bonds. The Morgan fingerprint density at radius 1 is 0.288 bits per heavy atom. The number of furan rings is 1. The molecule has 1 nitrogen and oxygen atoms in total. The molecule has 12 rings (SSSR count). The third-order valence-corrected chi connectivity index (χ3v) is 12.4. The molecule has 0 fully saturated rings. The second-order valence-corrected chi connectivity index (χ2v) is 15.0. The van der Waals surface area contributed by atoms with Crippen LogP contribution in [0.15, 0.2) is 174 Å². The SMILES string of the molecule is c1ccc2c(c1)oc1ccc3c4ccccc4c4cc(-c5c6ccccc6c(-c6ccc7sc8ccccc8c7c6)c6ccccc56)ccc4c3c12. The predicted octanol–water partition coefficient (Wildman–Crippen LogP) is 15.1. The molecule has 0 saturated carbocycles. The van der Waals surface area contributed by atoms with Gasteiger partial charge in [-0.3, -0.25) is 0 Å². The number of rotatable bonds is 2. The summed E-state index contributed by atoms with van der Waals surface area (Å²) in [5.41, 5.74) is 6.89. The van der Waals surface area contributed by atoms with E-state index in [4.69, 9.17) is 4.42 Å². The second-order valence-electron chi connectivity index (χ2n) is 13.9. The lowest BCUT2D eigenvalue weighted by Gasteiger charge is -2.19. The van der Waals surface area contributed by atoms with Crippen LogP contribution in [-0.4, -0.2) is 0 Å². The molecule has 0 radical (unpaired) electrons. The first-order valence-corrected chi connectivity index (χ1v) is 18.7. The van der Waals surface area contributed by atoms with Gasteiger partial charge in [-0.25, -0.2) is 0 Å². The number of hydrogen-bond acceptors (Lipinski definition) is 2. The quantitative estimate of drug-likeness (QED) is 0.131. The first-order valence-electron chi connectivity index (χ1n) is 17.8. The number of fused-ring (bicyclic) bond motifs is 15. The third kappa shape index (κ3) is 3.82. The lowest BCUT2D eigenvalue weighted by molar-refractivity contribution is 0.669. The standard InChI is InChI=1S/C50H28OS/c1-2-12-32-31(11-1)38-24-25-44-50(40-18-7-9-19-43(40)51-44)49(38)39-23-21-29(27-41(32)39)47-34-14-3-5-16-36(34)48(37-17-6-4-15-35(37)47)30-22-26-46-42(28-30)33-13-8-10-20-45(33)52-46/h1-28H. The highest BCUT2D eigenvalue weighted by Crippen LogP contribution is 2.48. The van der Waals surface area contributed by atoms with Crippen molar-refractivity contribution in [2.24, 2.45) is 0 Å². The molecule has 240 valence electrons. The van der Waals surface area contributed by atoms with Gasteiger partial charge in [0.15, 0.2) is 0 Å². The first-order chi connectivity index (χ1) is 25.8. The predicted molar refractivity (Wildman–Crippen MR) is 225 cm³/mol. The van der Waals surface area contributed by atoms with Crippen LogP contribution < -0.4 is 0 Å². The van der Waals surface area contributed by atoms with Crippen molar-refractivity contribution in [3.8, 4) is 22.3 Å². The number of thiophene rings is 1. The molecule has 0 saturated heterocycles. The van der Waals surface area contributed by atoms with E-state index in [2.05, 4.69) is 170 Å². The molecule has 2 heterocycles. The van der Waals surface area contributed by atoms with E-state index in [0.29, 0.717) is 0 Å². The first kappa shape index (κ1) is 28.2. The molecule has 0 N–H and O–H groups in total. The Bertz CT molecular complexity index is 3410. The molecule has 0 unspecified atom stereocenters. The summed E-state index contributed by atoms with van der Waals surface area (Å²) < 4.78 is 9.06. The molecule has 0 spiro atoms. The van der Waals surface area contributed by atoms with Gasteiger partial charge in [-0.15, -0.1) is 11.3 Å². The van der Waals surface area contributed by atoms with E-state index < -0.39 is 0 Å². The van der Waals surface area contributed by atoms with Crippen LogP contribution in [0.1, 0.15) is 0 Å². The van der Waals surface area contributed by atoms with E-state index in [9.17, 15) is 0 Å². The summed E-state index contributed by atoms with van der Waals surface area (Å²) in [5, 5.41) is 17.6. The molecular weight excluding hydrogens is 649 g/mol. The monoisotopic (exact) mass is 676 g/mol. The molecular formula is C50H28OS. The van der Waals surface area contributed by atoms with Crippen LogP contribution in [0.2, 0.25) is 0 Å². The topological polar surface area (TPSA) is 13.1 Å². The van der Waals surface area contributed by atoms with E-state index in [-0.39, 0.29) is 0 Å². The minimum absolute atomic E-state index is 0.923. The minimum atomic E-state index is 0.923. The lowest BCUT2D eigenvalue weighted by Crippen LogP contribution is -1.91. The van der Waals surface area contributed by atoms with Crippen LogP contribution in [0.3, 0.4) is 0 Å². The average molecular weight is 677 g/mol. The van der Waals surface area contributed by atoms with E-state index in [1.165, 1.54) is 102 Å². The molecule has 0 aliphatic carbocycles. The van der Waals surface area contributed by atoms with Crippen molar-refractivity contribution in [2.45, 2.75) is 0 Å². The van der Waals surface area contributed by atoms with Gasteiger partial charge in [0.1, 0.15) is 11.2 Å². The van der Waals surface area contributed by atoms with Gasteiger partial charge in [0, 0.05) is 36.3 Å². The molecule has 10 aromatic carbocycles. The number of hydrogen-bond donors (Lipinski definition) is 0. The Kier molecular flexibility index (Phi) is 5.71. The van der Waals surface area contributed by atoms with Crippen LogP contribution in [0.4, 0.5) is 0 Å². The van der Waals surface area contributed by atoms with Crippen molar-refractivity contribution in [3.05, 3.63) is 170 Å². The number of para-hydroxylation sites is 1. The summed E-state index contributed by atoms with van der Waals surface area (Å²) in [4.78, 5) is 0. The van der Waals surface area contributed by atoms with E-state index in [1.54, 1.807) is 0 Å². The lowest BCUT2D eigenvalue weighted by atomic mass is 9.84. The summed E-state index contributed by atoms with van der Waals surface area (Å²) in [7, 11) is 0. The zero-order chi connectivity index (χ0) is 33.9. The summed E-state index contributed by atoms with van der Waals surface area (Å²) in [6.45, 7) is 0. The van der Waals surface area contributed by atoms with E-state index in [0.717, 1.165) is 16.6 Å². The van der Waals surface area contributed by atoms with Crippen molar-refractivity contribution in [3.63, 3.8) is 0 Å². The molecule has 0 aliphatic rings. The molecule has 12 aromatic rings. The summed E-state index contributed by atoms with van der Waals surface area (Å²) in [5.74, 6) is 0. The van der Waals surface area contributed by atoms with Gasteiger partial charge in [0.2, 0.25) is 0 Å². The Hall–Kier alpha value is -6.48. The van der Waals surface area contributed by atoms with Gasteiger partial charge in [-0.05, 0) is 113 Å².